The summed E-state index contributed by atoms with van der Waals surface area (Å²) in [4.78, 5) is 25.8. The van der Waals surface area contributed by atoms with Crippen LogP contribution in [0.25, 0.3) is 0 Å². The van der Waals surface area contributed by atoms with Crippen LogP contribution in [0.2, 0.25) is 0 Å². The van der Waals surface area contributed by atoms with Crippen LogP contribution in [-0.2, 0) is 21.4 Å². The Morgan fingerprint density at radius 1 is 1.24 bits per heavy atom. The van der Waals surface area contributed by atoms with Gasteiger partial charge in [0, 0.05) is 24.4 Å². The number of allylic oxidation sites excluding steroid dienone is 4. The number of rotatable bonds is 2. The van der Waals surface area contributed by atoms with Crippen LogP contribution >= 0.6 is 0 Å². The first-order valence-corrected chi connectivity index (χ1v) is 8.48. The van der Waals surface area contributed by atoms with Crippen LogP contribution in [0.1, 0.15) is 36.1 Å². The Bertz CT molecular complexity index is 821. The first kappa shape index (κ1) is 15.9. The van der Waals surface area contributed by atoms with Crippen LogP contribution in [0.5, 0.6) is 11.5 Å². The zero-order valence-electron chi connectivity index (χ0n) is 14.7. The highest BCUT2D eigenvalue weighted by Crippen LogP contribution is 2.58. The molecule has 0 bridgehead atoms. The summed E-state index contributed by atoms with van der Waals surface area (Å²) in [5.74, 6) is 1.45. The third-order valence-corrected chi connectivity index (χ3v) is 5.62. The first-order chi connectivity index (χ1) is 12.0. The van der Waals surface area contributed by atoms with Crippen LogP contribution in [0.3, 0.4) is 0 Å². The summed E-state index contributed by atoms with van der Waals surface area (Å²) >= 11 is 0. The SMILES string of the molecule is COc1cc2c3c(c1OC)C1(C=CC(=O)C=C1)C[C@H]3N(C(C)=O)CC2. The highest BCUT2D eigenvalue weighted by Gasteiger charge is 2.49. The van der Waals surface area contributed by atoms with Crippen molar-refractivity contribution < 1.29 is 19.1 Å². The number of hydrogen-bond acceptors (Lipinski definition) is 4. The van der Waals surface area contributed by atoms with Gasteiger partial charge >= 0.3 is 0 Å². The molecular formula is C20H21NO4. The van der Waals surface area contributed by atoms with E-state index in [-0.39, 0.29) is 17.7 Å². The quantitative estimate of drug-likeness (QED) is 0.831. The van der Waals surface area contributed by atoms with E-state index in [1.807, 2.05) is 23.1 Å². The van der Waals surface area contributed by atoms with E-state index in [1.54, 1.807) is 33.3 Å². The van der Waals surface area contributed by atoms with Crippen molar-refractivity contribution in [3.8, 4) is 11.5 Å². The van der Waals surface area contributed by atoms with Crippen molar-refractivity contribution >= 4 is 11.7 Å². The third kappa shape index (κ3) is 2.15. The number of nitrogens with zero attached hydrogens (tertiary/aromatic N) is 1. The van der Waals surface area contributed by atoms with E-state index in [2.05, 4.69) is 0 Å². The van der Waals surface area contributed by atoms with E-state index < -0.39 is 5.41 Å². The fourth-order valence-electron chi connectivity index (χ4n) is 4.55. The van der Waals surface area contributed by atoms with Crippen LogP contribution in [0, 0.1) is 0 Å². The summed E-state index contributed by atoms with van der Waals surface area (Å²) < 4.78 is 11.3. The van der Waals surface area contributed by atoms with E-state index >= 15 is 0 Å². The van der Waals surface area contributed by atoms with Gasteiger partial charge in [0.1, 0.15) is 0 Å². The van der Waals surface area contributed by atoms with Gasteiger partial charge in [-0.3, -0.25) is 9.59 Å². The van der Waals surface area contributed by atoms with Crippen LogP contribution in [0.15, 0.2) is 30.4 Å². The average Bonchev–Trinajstić information content (AvgIpc) is 2.93. The van der Waals surface area contributed by atoms with Gasteiger partial charge in [0.2, 0.25) is 5.91 Å². The van der Waals surface area contributed by atoms with E-state index in [0.29, 0.717) is 18.0 Å². The summed E-state index contributed by atoms with van der Waals surface area (Å²) in [7, 11) is 3.27. The molecule has 0 radical (unpaired) electrons. The van der Waals surface area contributed by atoms with E-state index in [4.69, 9.17) is 9.47 Å². The monoisotopic (exact) mass is 339 g/mol. The standard InChI is InChI=1S/C20H21NO4/c1-12(22)21-9-6-13-10-16(24-2)19(25-3)18-17(13)15(21)11-20(18)7-4-14(23)5-8-20/h4-5,7-8,10,15H,6,9,11H2,1-3H3/t15-/m1/s1. The number of hydrogen-bond donors (Lipinski definition) is 0. The first-order valence-electron chi connectivity index (χ1n) is 8.48. The average molecular weight is 339 g/mol. The molecule has 1 aliphatic heterocycles. The number of carbonyl (C=O) groups is 2. The Morgan fingerprint density at radius 3 is 2.56 bits per heavy atom. The number of benzene rings is 1. The van der Waals surface area contributed by atoms with Crippen molar-refractivity contribution in [2.75, 3.05) is 20.8 Å². The number of methoxy groups -OCH3 is 2. The minimum absolute atomic E-state index is 0.00134. The molecule has 0 aromatic heterocycles. The van der Waals surface area contributed by atoms with Crippen molar-refractivity contribution in [1.82, 2.24) is 4.90 Å². The van der Waals surface area contributed by atoms with E-state index in [1.165, 1.54) is 5.56 Å². The van der Waals surface area contributed by atoms with Gasteiger partial charge in [0.15, 0.2) is 17.3 Å². The fourth-order valence-corrected chi connectivity index (χ4v) is 4.55. The Labute approximate surface area is 146 Å². The fraction of sp³-hybridized carbons (Fsp3) is 0.400. The Hall–Kier alpha value is -2.56. The summed E-state index contributed by atoms with van der Waals surface area (Å²) in [5, 5.41) is 0. The van der Waals surface area contributed by atoms with Gasteiger partial charge in [-0.2, -0.15) is 0 Å². The summed E-state index contributed by atoms with van der Waals surface area (Å²) in [6.07, 6.45) is 8.63. The van der Waals surface area contributed by atoms with Gasteiger partial charge in [0.05, 0.1) is 20.3 Å². The number of amides is 1. The van der Waals surface area contributed by atoms with Crippen LogP contribution < -0.4 is 9.47 Å². The molecule has 0 fully saturated rings. The molecule has 0 saturated carbocycles. The molecule has 130 valence electrons. The molecule has 25 heavy (non-hydrogen) atoms. The molecule has 1 spiro atoms. The molecule has 3 aliphatic rings. The second kappa shape index (κ2) is 5.48. The molecule has 0 N–H and O–H groups in total. The van der Waals surface area contributed by atoms with Crippen molar-refractivity contribution in [3.63, 3.8) is 0 Å². The molecular weight excluding hydrogens is 318 g/mol. The zero-order chi connectivity index (χ0) is 17.8. The smallest absolute Gasteiger partial charge is 0.219 e. The largest absolute Gasteiger partial charge is 0.493 e. The third-order valence-electron chi connectivity index (χ3n) is 5.62. The molecule has 1 heterocycles. The number of ether oxygens (including phenoxy) is 2. The molecule has 0 unspecified atom stereocenters. The Kier molecular flexibility index (Phi) is 3.49. The second-order valence-corrected chi connectivity index (χ2v) is 6.85. The summed E-state index contributed by atoms with van der Waals surface area (Å²) in [5.41, 5.74) is 2.94. The van der Waals surface area contributed by atoms with Crippen LogP contribution in [0.4, 0.5) is 0 Å². The summed E-state index contributed by atoms with van der Waals surface area (Å²) in [6, 6.07) is 2.03. The molecule has 1 atom stereocenters. The number of ketones is 1. The topological polar surface area (TPSA) is 55.8 Å². The molecule has 1 amide bonds. The molecule has 1 aromatic carbocycles. The van der Waals surface area contributed by atoms with Crippen molar-refractivity contribution in [2.45, 2.75) is 31.2 Å². The molecule has 1 aromatic rings. The van der Waals surface area contributed by atoms with Crippen LogP contribution in [-0.4, -0.2) is 37.4 Å². The van der Waals surface area contributed by atoms with E-state index in [9.17, 15) is 9.59 Å². The van der Waals surface area contributed by atoms with Crippen molar-refractivity contribution in [2.24, 2.45) is 0 Å². The number of carbonyl (C=O) groups excluding carboxylic acids is 2. The van der Waals surface area contributed by atoms with Gasteiger partial charge in [0.25, 0.3) is 0 Å². The minimum Gasteiger partial charge on any atom is -0.493 e. The maximum absolute atomic E-state index is 12.2. The predicted octanol–water partition coefficient (Wildman–Crippen LogP) is 2.49. The highest BCUT2D eigenvalue weighted by atomic mass is 16.5. The van der Waals surface area contributed by atoms with Gasteiger partial charge < -0.3 is 14.4 Å². The van der Waals surface area contributed by atoms with Gasteiger partial charge in [-0.1, -0.05) is 12.2 Å². The molecule has 4 rings (SSSR count). The lowest BCUT2D eigenvalue weighted by Crippen LogP contribution is -2.38. The lowest BCUT2D eigenvalue weighted by molar-refractivity contribution is -0.131. The van der Waals surface area contributed by atoms with Crippen molar-refractivity contribution in [3.05, 3.63) is 47.1 Å². The molecule has 2 aliphatic carbocycles. The normalized spacial score (nSPS) is 22.3. The molecule has 0 saturated heterocycles. The van der Waals surface area contributed by atoms with E-state index in [0.717, 1.165) is 24.0 Å². The Morgan fingerprint density at radius 2 is 1.96 bits per heavy atom. The Balaban J connectivity index is 2.01. The maximum atomic E-state index is 12.2. The maximum Gasteiger partial charge on any atom is 0.219 e. The lowest BCUT2D eigenvalue weighted by atomic mass is 9.77. The van der Waals surface area contributed by atoms with Gasteiger partial charge in [-0.25, -0.2) is 0 Å². The lowest BCUT2D eigenvalue weighted by Gasteiger charge is -2.35. The van der Waals surface area contributed by atoms with Gasteiger partial charge in [-0.15, -0.1) is 0 Å². The molecule has 5 nitrogen and oxygen atoms in total. The zero-order valence-corrected chi connectivity index (χ0v) is 14.7. The highest BCUT2D eigenvalue weighted by molar-refractivity contribution is 6.01. The minimum atomic E-state index is -0.444. The van der Waals surface area contributed by atoms with Crippen molar-refractivity contribution in [1.29, 1.82) is 0 Å². The van der Waals surface area contributed by atoms with Gasteiger partial charge in [-0.05, 0) is 42.2 Å². The summed E-state index contributed by atoms with van der Waals surface area (Å²) in [6.45, 7) is 2.32. The predicted molar refractivity (Wildman–Crippen MR) is 93.0 cm³/mol. The molecule has 5 heteroatoms. The second-order valence-electron chi connectivity index (χ2n) is 6.85. The number of fused-ring (bicyclic) bond motifs is 1.